The summed E-state index contributed by atoms with van der Waals surface area (Å²) in [5.41, 5.74) is 6.71. The molecule has 0 spiro atoms. The summed E-state index contributed by atoms with van der Waals surface area (Å²) in [5.74, 6) is 0.685. The van der Waals surface area contributed by atoms with Gasteiger partial charge in [0.25, 0.3) is 0 Å². The first kappa shape index (κ1) is 15.8. The molecule has 1 atom stereocenters. The average molecular weight is 277 g/mol. The zero-order chi connectivity index (χ0) is 14.3. The van der Waals surface area contributed by atoms with Gasteiger partial charge in [-0.15, -0.1) is 0 Å². The van der Waals surface area contributed by atoms with Gasteiger partial charge in [0.1, 0.15) is 5.75 Å². The number of benzene rings is 1. The van der Waals surface area contributed by atoms with Gasteiger partial charge < -0.3 is 15.2 Å². The van der Waals surface area contributed by atoms with Crippen molar-refractivity contribution in [3.63, 3.8) is 0 Å². The number of rotatable bonds is 7. The molecule has 3 nitrogen and oxygen atoms in total. The summed E-state index contributed by atoms with van der Waals surface area (Å²) in [6.45, 7) is 0.238. The van der Waals surface area contributed by atoms with Crippen LogP contribution in [0.3, 0.4) is 0 Å². The summed E-state index contributed by atoms with van der Waals surface area (Å²) in [7, 11) is 1.55. The van der Waals surface area contributed by atoms with Gasteiger partial charge in [0.05, 0.1) is 19.8 Å². The van der Waals surface area contributed by atoms with Crippen molar-refractivity contribution in [3.05, 3.63) is 29.8 Å². The molecule has 0 heterocycles. The molecule has 0 amide bonds. The Balaban J connectivity index is 2.29. The number of alkyl halides is 3. The summed E-state index contributed by atoms with van der Waals surface area (Å²) in [6.07, 6.45) is -5.01. The van der Waals surface area contributed by atoms with E-state index in [1.54, 1.807) is 25.3 Å². The lowest BCUT2D eigenvalue weighted by atomic mass is 10.1. The summed E-state index contributed by atoms with van der Waals surface area (Å²) in [5, 5.41) is 0. The molecule has 0 aliphatic rings. The van der Waals surface area contributed by atoms with Gasteiger partial charge in [-0.05, 0) is 24.1 Å². The second kappa shape index (κ2) is 7.35. The van der Waals surface area contributed by atoms with E-state index in [-0.39, 0.29) is 25.7 Å². The third kappa shape index (κ3) is 6.45. The van der Waals surface area contributed by atoms with Crippen molar-refractivity contribution in [2.24, 2.45) is 5.73 Å². The maximum atomic E-state index is 11.9. The van der Waals surface area contributed by atoms with Crippen LogP contribution in [-0.4, -0.2) is 26.5 Å². The van der Waals surface area contributed by atoms with Gasteiger partial charge >= 0.3 is 6.18 Å². The molecule has 1 unspecified atom stereocenters. The first-order valence-corrected chi connectivity index (χ1v) is 5.96. The van der Waals surface area contributed by atoms with Crippen LogP contribution in [-0.2, 0) is 4.74 Å². The molecule has 0 bridgehead atoms. The smallest absolute Gasteiger partial charge is 0.389 e. The second-order valence-corrected chi connectivity index (χ2v) is 4.18. The molecule has 0 aromatic heterocycles. The number of ether oxygens (including phenoxy) is 2. The van der Waals surface area contributed by atoms with Crippen molar-refractivity contribution >= 4 is 0 Å². The van der Waals surface area contributed by atoms with Crippen molar-refractivity contribution in [1.82, 2.24) is 0 Å². The third-order valence-corrected chi connectivity index (χ3v) is 2.57. The molecule has 0 saturated heterocycles. The van der Waals surface area contributed by atoms with E-state index in [1.807, 2.05) is 6.07 Å². The molecule has 0 aliphatic heterocycles. The van der Waals surface area contributed by atoms with Gasteiger partial charge in [0.2, 0.25) is 0 Å². The quantitative estimate of drug-likeness (QED) is 0.779. The van der Waals surface area contributed by atoms with Crippen LogP contribution >= 0.6 is 0 Å². The summed E-state index contributed by atoms with van der Waals surface area (Å²) < 4.78 is 45.9. The van der Waals surface area contributed by atoms with Gasteiger partial charge in [0.15, 0.2) is 0 Å². The third-order valence-electron chi connectivity index (χ3n) is 2.57. The van der Waals surface area contributed by atoms with Crippen LogP contribution in [0.5, 0.6) is 5.75 Å². The molecular weight excluding hydrogens is 259 g/mol. The SMILES string of the molecule is COc1cccc(C(N)COCCCC(F)(F)F)c1. The minimum atomic E-state index is -4.13. The Bertz CT molecular complexity index is 382. The maximum Gasteiger partial charge on any atom is 0.389 e. The van der Waals surface area contributed by atoms with Crippen LogP contribution in [0.15, 0.2) is 24.3 Å². The van der Waals surface area contributed by atoms with E-state index in [0.29, 0.717) is 5.75 Å². The molecule has 19 heavy (non-hydrogen) atoms. The Morgan fingerprint density at radius 3 is 2.68 bits per heavy atom. The number of hydrogen-bond acceptors (Lipinski definition) is 3. The molecule has 0 aliphatic carbocycles. The van der Waals surface area contributed by atoms with E-state index in [2.05, 4.69) is 0 Å². The van der Waals surface area contributed by atoms with Crippen molar-refractivity contribution in [2.45, 2.75) is 25.1 Å². The zero-order valence-corrected chi connectivity index (χ0v) is 10.7. The zero-order valence-electron chi connectivity index (χ0n) is 10.7. The first-order chi connectivity index (χ1) is 8.92. The molecule has 0 fully saturated rings. The molecule has 6 heteroatoms. The van der Waals surface area contributed by atoms with Crippen molar-refractivity contribution in [3.8, 4) is 5.75 Å². The monoisotopic (exact) mass is 277 g/mol. The van der Waals surface area contributed by atoms with Gasteiger partial charge in [-0.3, -0.25) is 0 Å². The lowest BCUT2D eigenvalue weighted by molar-refractivity contribution is -0.137. The van der Waals surface area contributed by atoms with Crippen molar-refractivity contribution in [1.29, 1.82) is 0 Å². The van der Waals surface area contributed by atoms with Gasteiger partial charge in [-0.25, -0.2) is 0 Å². The van der Waals surface area contributed by atoms with Crippen LogP contribution in [0.1, 0.15) is 24.4 Å². The minimum absolute atomic E-state index is 0.0473. The highest BCUT2D eigenvalue weighted by atomic mass is 19.4. The average Bonchev–Trinajstić information content (AvgIpc) is 2.37. The number of nitrogens with two attached hydrogens (primary N) is 1. The van der Waals surface area contributed by atoms with E-state index >= 15 is 0 Å². The molecule has 2 N–H and O–H groups in total. The molecule has 1 rings (SSSR count). The summed E-state index contributed by atoms with van der Waals surface area (Å²) >= 11 is 0. The topological polar surface area (TPSA) is 44.5 Å². The standard InChI is InChI=1S/C13H18F3NO2/c1-18-11-5-2-4-10(8-11)12(17)9-19-7-3-6-13(14,15)16/h2,4-5,8,12H,3,6-7,9,17H2,1H3. The Morgan fingerprint density at radius 2 is 2.05 bits per heavy atom. The highest BCUT2D eigenvalue weighted by molar-refractivity contribution is 5.30. The second-order valence-electron chi connectivity index (χ2n) is 4.18. The lowest BCUT2D eigenvalue weighted by Crippen LogP contribution is -2.18. The first-order valence-electron chi connectivity index (χ1n) is 5.96. The molecular formula is C13H18F3NO2. The maximum absolute atomic E-state index is 11.9. The van der Waals surface area contributed by atoms with Gasteiger partial charge in [-0.1, -0.05) is 12.1 Å². The van der Waals surface area contributed by atoms with E-state index in [4.69, 9.17) is 15.2 Å². The largest absolute Gasteiger partial charge is 0.497 e. The Hall–Kier alpha value is -1.27. The van der Waals surface area contributed by atoms with Crippen molar-refractivity contribution < 1.29 is 22.6 Å². The number of methoxy groups -OCH3 is 1. The fraction of sp³-hybridized carbons (Fsp3) is 0.538. The van der Waals surface area contributed by atoms with Crippen LogP contribution in [0.2, 0.25) is 0 Å². The molecule has 1 aromatic carbocycles. The van der Waals surface area contributed by atoms with Crippen LogP contribution in [0, 0.1) is 0 Å². The Kier molecular flexibility index (Phi) is 6.11. The van der Waals surface area contributed by atoms with E-state index in [0.717, 1.165) is 5.56 Å². The van der Waals surface area contributed by atoms with E-state index < -0.39 is 12.6 Å². The molecule has 0 radical (unpaired) electrons. The Labute approximate surface area is 110 Å². The van der Waals surface area contributed by atoms with E-state index in [1.165, 1.54) is 0 Å². The highest BCUT2D eigenvalue weighted by Crippen LogP contribution is 2.21. The Morgan fingerprint density at radius 1 is 1.32 bits per heavy atom. The predicted molar refractivity (Wildman–Crippen MR) is 66.0 cm³/mol. The normalized spacial score (nSPS) is 13.3. The molecule has 0 saturated carbocycles. The summed E-state index contributed by atoms with van der Waals surface area (Å²) in [4.78, 5) is 0. The molecule has 108 valence electrons. The summed E-state index contributed by atoms with van der Waals surface area (Å²) in [6, 6.07) is 6.83. The van der Waals surface area contributed by atoms with Gasteiger partial charge in [0, 0.05) is 13.0 Å². The lowest BCUT2D eigenvalue weighted by Gasteiger charge is -2.14. The fourth-order valence-corrected chi connectivity index (χ4v) is 1.55. The van der Waals surface area contributed by atoms with Crippen LogP contribution in [0.25, 0.3) is 0 Å². The van der Waals surface area contributed by atoms with E-state index in [9.17, 15) is 13.2 Å². The number of hydrogen-bond donors (Lipinski definition) is 1. The minimum Gasteiger partial charge on any atom is -0.497 e. The van der Waals surface area contributed by atoms with Gasteiger partial charge in [-0.2, -0.15) is 13.2 Å². The predicted octanol–water partition coefficient (Wildman–Crippen LogP) is 3.05. The number of halogens is 3. The molecule has 1 aromatic rings. The van der Waals surface area contributed by atoms with Crippen LogP contribution in [0.4, 0.5) is 13.2 Å². The fourth-order valence-electron chi connectivity index (χ4n) is 1.55. The highest BCUT2D eigenvalue weighted by Gasteiger charge is 2.25. The van der Waals surface area contributed by atoms with Crippen LogP contribution < -0.4 is 10.5 Å². The van der Waals surface area contributed by atoms with Crippen molar-refractivity contribution in [2.75, 3.05) is 20.3 Å².